The van der Waals surface area contributed by atoms with E-state index in [1.165, 1.54) is 11.3 Å². The van der Waals surface area contributed by atoms with Crippen LogP contribution in [-0.4, -0.2) is 24.3 Å². The third kappa shape index (κ3) is 7.42. The molecule has 7 nitrogen and oxygen atoms in total. The number of aromatic nitrogens is 1. The van der Waals surface area contributed by atoms with Gasteiger partial charge in [-0.05, 0) is 82.5 Å². The number of hydrogen-bond donors (Lipinski definition) is 0. The van der Waals surface area contributed by atoms with Crippen LogP contribution in [0.4, 0.5) is 0 Å². The van der Waals surface area contributed by atoms with Gasteiger partial charge in [-0.25, -0.2) is 9.79 Å². The number of rotatable bonds is 10. The monoisotopic (exact) mass is 838 g/mol. The lowest BCUT2D eigenvalue weighted by molar-refractivity contribution is -0.138. The predicted octanol–water partition coefficient (Wildman–Crippen LogP) is 8.56. The van der Waals surface area contributed by atoms with Gasteiger partial charge in [0.1, 0.15) is 6.61 Å². The first-order valence-corrected chi connectivity index (χ1v) is 18.6. The van der Waals surface area contributed by atoms with Crippen LogP contribution < -0.4 is 24.4 Å². The van der Waals surface area contributed by atoms with Crippen molar-refractivity contribution in [3.05, 3.63) is 152 Å². The number of ether oxygens (including phenoxy) is 3. The van der Waals surface area contributed by atoms with Gasteiger partial charge in [0, 0.05) is 21.2 Å². The van der Waals surface area contributed by atoms with Gasteiger partial charge in [-0.2, -0.15) is 0 Å². The first-order valence-electron chi connectivity index (χ1n) is 15.9. The van der Waals surface area contributed by atoms with Crippen LogP contribution in [0.3, 0.4) is 0 Å². The number of thiazole rings is 1. The molecule has 0 amide bonds. The van der Waals surface area contributed by atoms with E-state index in [1.807, 2.05) is 78.9 Å². The van der Waals surface area contributed by atoms with Crippen LogP contribution in [0.1, 0.15) is 60.5 Å². The van der Waals surface area contributed by atoms with Gasteiger partial charge in [0.05, 0.1) is 39.1 Å². The molecular formula is C39H33Cl2IN2O5S. The molecule has 0 bridgehead atoms. The summed E-state index contributed by atoms with van der Waals surface area (Å²) in [6.45, 7) is 6.41. The maximum atomic E-state index is 14.4. The summed E-state index contributed by atoms with van der Waals surface area (Å²) in [5.74, 6) is 0.851. The van der Waals surface area contributed by atoms with Crippen molar-refractivity contribution in [2.24, 2.45) is 4.99 Å². The molecule has 1 aliphatic rings. The average molecular weight is 840 g/mol. The zero-order valence-electron chi connectivity index (χ0n) is 27.7. The molecule has 0 radical (unpaired) electrons. The summed E-state index contributed by atoms with van der Waals surface area (Å²) in [7, 11) is 1.57. The van der Waals surface area contributed by atoms with Gasteiger partial charge >= 0.3 is 5.97 Å². The number of halogens is 3. The molecule has 50 heavy (non-hydrogen) atoms. The van der Waals surface area contributed by atoms with E-state index in [9.17, 15) is 9.59 Å². The van der Waals surface area contributed by atoms with E-state index in [1.54, 1.807) is 30.7 Å². The number of carbonyl (C=O) groups excluding carboxylic acids is 1. The predicted molar refractivity (Wildman–Crippen MR) is 208 cm³/mol. The van der Waals surface area contributed by atoms with E-state index < -0.39 is 12.0 Å². The van der Waals surface area contributed by atoms with Crippen LogP contribution in [-0.2, 0) is 16.1 Å². The quantitative estimate of drug-likeness (QED) is 0.104. The van der Waals surface area contributed by atoms with Gasteiger partial charge < -0.3 is 14.2 Å². The molecule has 0 N–H and O–H groups in total. The molecule has 4 aromatic carbocycles. The first-order chi connectivity index (χ1) is 24.1. The van der Waals surface area contributed by atoms with E-state index in [0.717, 1.165) is 31.4 Å². The molecule has 5 aromatic rings. The maximum Gasteiger partial charge on any atom is 0.338 e. The summed E-state index contributed by atoms with van der Waals surface area (Å²) in [6.07, 6.45) is 1.81. The van der Waals surface area contributed by atoms with E-state index in [4.69, 9.17) is 42.4 Å². The lowest BCUT2D eigenvalue weighted by Gasteiger charge is -2.26. The Labute approximate surface area is 317 Å². The Balaban J connectivity index is 1.49. The zero-order chi connectivity index (χ0) is 35.5. The molecule has 256 valence electrons. The fourth-order valence-corrected chi connectivity index (χ4v) is 7.97. The van der Waals surface area contributed by atoms with E-state index in [2.05, 4.69) is 36.4 Å². The smallest absolute Gasteiger partial charge is 0.338 e. The highest BCUT2D eigenvalue weighted by atomic mass is 127. The second-order valence-corrected chi connectivity index (χ2v) is 14.8. The topological polar surface area (TPSA) is 79.1 Å². The summed E-state index contributed by atoms with van der Waals surface area (Å²) in [5.41, 5.74) is 4.73. The molecule has 2 heterocycles. The number of hydrogen-bond acceptors (Lipinski definition) is 7. The number of methoxy groups -OCH3 is 1. The number of benzene rings is 4. The summed E-state index contributed by atoms with van der Waals surface area (Å²) in [5, 5.41) is 1.05. The summed E-state index contributed by atoms with van der Waals surface area (Å²) in [4.78, 5) is 33.6. The average Bonchev–Trinajstić information content (AvgIpc) is 3.41. The van der Waals surface area contributed by atoms with Gasteiger partial charge in [-0.3, -0.25) is 9.36 Å². The number of nitrogens with zero attached hydrogens (tertiary/aromatic N) is 2. The first kappa shape index (κ1) is 35.9. The minimum atomic E-state index is -0.756. The third-order valence-electron chi connectivity index (χ3n) is 8.23. The Bertz CT molecular complexity index is 2280. The normalized spacial score (nSPS) is 14.4. The van der Waals surface area contributed by atoms with E-state index in [0.29, 0.717) is 48.1 Å². The van der Waals surface area contributed by atoms with Crippen molar-refractivity contribution in [1.82, 2.24) is 4.57 Å². The molecule has 1 aromatic heterocycles. The SMILES string of the molecule is CCOC(=O)C1=C(c2ccccc2)N=c2s/c(=C\c3cc(I)c(OCc4ccc(Cl)cc4Cl)c(OC)c3)c(=O)n2[C@H]1c1ccc(C(C)C)cc1. The molecule has 1 aliphatic heterocycles. The van der Waals surface area contributed by atoms with Crippen molar-refractivity contribution < 1.29 is 19.0 Å². The van der Waals surface area contributed by atoms with Gasteiger partial charge in [-0.1, -0.05) is 109 Å². The van der Waals surface area contributed by atoms with Crippen LogP contribution in [0.5, 0.6) is 11.5 Å². The van der Waals surface area contributed by atoms with Gasteiger partial charge in [0.2, 0.25) is 0 Å². The van der Waals surface area contributed by atoms with Crippen molar-refractivity contribution in [2.75, 3.05) is 13.7 Å². The molecule has 0 aliphatic carbocycles. The molecule has 0 saturated carbocycles. The van der Waals surface area contributed by atoms with Gasteiger partial charge in [-0.15, -0.1) is 0 Å². The van der Waals surface area contributed by atoms with Gasteiger partial charge in [0.15, 0.2) is 16.3 Å². The molecule has 1 atom stereocenters. The minimum absolute atomic E-state index is 0.181. The summed E-state index contributed by atoms with van der Waals surface area (Å²) >= 11 is 15.9. The Kier molecular flexibility index (Phi) is 11.2. The zero-order valence-corrected chi connectivity index (χ0v) is 32.2. The standard InChI is InChI=1S/C39H33Cl2IN2O5S/c1-5-48-38(46)33-34(25-9-7-6-8-10-25)43-39-44(35(33)26-13-11-24(12-14-26)22(2)3)37(45)32(50-39)19-23-17-30(42)36(31(18-23)47-4)49-21-27-15-16-28(40)20-29(27)41/h6-20,22,35H,5,21H2,1-4H3/b32-19-/t35-/m0/s1. The maximum absolute atomic E-state index is 14.4. The van der Waals surface area contributed by atoms with E-state index >= 15 is 0 Å². The fraction of sp³-hybridized carbons (Fsp3) is 0.205. The second-order valence-electron chi connectivity index (χ2n) is 11.8. The highest BCUT2D eigenvalue weighted by Crippen LogP contribution is 2.37. The van der Waals surface area contributed by atoms with Crippen molar-refractivity contribution in [1.29, 1.82) is 0 Å². The number of esters is 1. The summed E-state index contributed by atoms with van der Waals surface area (Å²) < 4.78 is 20.3. The Morgan fingerprint density at radius 1 is 1.04 bits per heavy atom. The lowest BCUT2D eigenvalue weighted by atomic mass is 9.91. The molecule has 11 heteroatoms. The molecule has 0 saturated heterocycles. The van der Waals surface area contributed by atoms with Crippen LogP contribution >= 0.6 is 57.1 Å². The van der Waals surface area contributed by atoms with Crippen molar-refractivity contribution in [2.45, 2.75) is 39.3 Å². The minimum Gasteiger partial charge on any atom is -0.493 e. The molecular weight excluding hydrogens is 806 g/mol. The van der Waals surface area contributed by atoms with Gasteiger partial charge in [0.25, 0.3) is 5.56 Å². The van der Waals surface area contributed by atoms with E-state index in [-0.39, 0.29) is 18.8 Å². The molecule has 0 spiro atoms. The fourth-order valence-electron chi connectivity index (χ4n) is 5.72. The van der Waals surface area contributed by atoms with Crippen molar-refractivity contribution in [3.8, 4) is 11.5 Å². The van der Waals surface area contributed by atoms with Crippen molar-refractivity contribution >= 4 is 74.9 Å². The Hall–Kier alpha value is -3.90. The van der Waals surface area contributed by atoms with Crippen LogP contribution in [0.25, 0.3) is 11.8 Å². The lowest BCUT2D eigenvalue weighted by Crippen LogP contribution is -2.40. The van der Waals surface area contributed by atoms with Crippen LogP contribution in [0, 0.1) is 3.57 Å². The highest BCUT2D eigenvalue weighted by Gasteiger charge is 2.35. The molecule has 0 fully saturated rings. The molecule has 0 unspecified atom stereocenters. The third-order valence-corrected chi connectivity index (χ3v) is 10.6. The van der Waals surface area contributed by atoms with Crippen LogP contribution in [0.15, 0.2) is 100 Å². The summed E-state index contributed by atoms with van der Waals surface area (Å²) in [6, 6.07) is 25.8. The Morgan fingerprint density at radius 3 is 2.44 bits per heavy atom. The highest BCUT2D eigenvalue weighted by molar-refractivity contribution is 14.1. The number of carbonyl (C=O) groups is 1. The molecule has 6 rings (SSSR count). The number of fused-ring (bicyclic) bond motifs is 1. The second kappa shape index (κ2) is 15.6. The van der Waals surface area contributed by atoms with Crippen LogP contribution in [0.2, 0.25) is 10.0 Å². The largest absolute Gasteiger partial charge is 0.493 e. The van der Waals surface area contributed by atoms with Crippen molar-refractivity contribution in [3.63, 3.8) is 0 Å². The Morgan fingerprint density at radius 2 is 1.78 bits per heavy atom.